The molecule has 0 saturated carbocycles. The third-order valence-corrected chi connectivity index (χ3v) is 2.89. The molecular weight excluding hydrogens is 280 g/mol. The van der Waals surface area contributed by atoms with Crippen molar-refractivity contribution in [2.24, 2.45) is 0 Å². The molecule has 2 N–H and O–H groups in total. The summed E-state index contributed by atoms with van der Waals surface area (Å²) in [6, 6.07) is 5.90. The number of anilines is 1. The van der Waals surface area contributed by atoms with Crippen molar-refractivity contribution >= 4 is 27.5 Å². The lowest BCUT2D eigenvalue weighted by Gasteiger charge is -2.18. The first-order valence-corrected chi connectivity index (χ1v) is 6.52. The molecule has 1 rings (SSSR count). The molecule has 17 heavy (non-hydrogen) atoms. The van der Waals surface area contributed by atoms with Gasteiger partial charge in [0.15, 0.2) is 0 Å². The molecule has 1 aromatic rings. The number of hydrogen-bond acceptors (Lipinski definition) is 2. The Hall–Kier alpha value is -1.03. The summed E-state index contributed by atoms with van der Waals surface area (Å²) >= 11 is 3.42. The predicted molar refractivity (Wildman–Crippen MR) is 75.2 cm³/mol. The van der Waals surface area contributed by atoms with Gasteiger partial charge >= 0.3 is 0 Å². The third-order valence-electron chi connectivity index (χ3n) is 2.40. The Labute approximate surface area is 111 Å². The zero-order valence-electron chi connectivity index (χ0n) is 10.7. The van der Waals surface area contributed by atoms with Crippen LogP contribution in [-0.4, -0.2) is 18.0 Å². The SMILES string of the molecule is Cc1ccc(Br)cc1NC(C)C(=O)NC(C)C. The van der Waals surface area contributed by atoms with E-state index in [0.717, 1.165) is 15.7 Å². The molecular formula is C13H19BrN2O. The summed E-state index contributed by atoms with van der Waals surface area (Å²) in [5, 5.41) is 6.10. The highest BCUT2D eigenvalue weighted by atomic mass is 79.9. The number of hydrogen-bond donors (Lipinski definition) is 2. The quantitative estimate of drug-likeness (QED) is 0.897. The molecule has 0 spiro atoms. The molecule has 0 aliphatic rings. The number of carbonyl (C=O) groups is 1. The minimum atomic E-state index is -0.245. The van der Waals surface area contributed by atoms with E-state index in [1.54, 1.807) is 0 Å². The Morgan fingerprint density at radius 1 is 1.29 bits per heavy atom. The maximum absolute atomic E-state index is 11.8. The zero-order chi connectivity index (χ0) is 13.0. The monoisotopic (exact) mass is 298 g/mol. The number of carbonyl (C=O) groups excluding carboxylic acids is 1. The summed E-state index contributed by atoms with van der Waals surface area (Å²) < 4.78 is 1.00. The average Bonchev–Trinajstić information content (AvgIpc) is 2.22. The van der Waals surface area contributed by atoms with Gasteiger partial charge in [0.2, 0.25) is 5.91 Å². The van der Waals surface area contributed by atoms with E-state index in [0.29, 0.717) is 0 Å². The normalized spacial score (nSPS) is 12.4. The van der Waals surface area contributed by atoms with Crippen molar-refractivity contribution in [1.29, 1.82) is 0 Å². The standard InChI is InChI=1S/C13H19BrN2O/c1-8(2)15-13(17)10(4)16-12-7-11(14)6-5-9(12)3/h5-8,10,16H,1-4H3,(H,15,17). The van der Waals surface area contributed by atoms with E-state index in [1.807, 2.05) is 45.9 Å². The van der Waals surface area contributed by atoms with Gasteiger partial charge < -0.3 is 10.6 Å². The molecule has 4 heteroatoms. The number of rotatable bonds is 4. The zero-order valence-corrected chi connectivity index (χ0v) is 12.3. The van der Waals surface area contributed by atoms with Gasteiger partial charge in [0.05, 0.1) is 0 Å². The van der Waals surface area contributed by atoms with Crippen molar-refractivity contribution in [2.45, 2.75) is 39.8 Å². The maximum Gasteiger partial charge on any atom is 0.242 e. The van der Waals surface area contributed by atoms with Crippen LogP contribution in [-0.2, 0) is 4.79 Å². The summed E-state index contributed by atoms with van der Waals surface area (Å²) in [6.45, 7) is 7.78. The summed E-state index contributed by atoms with van der Waals surface area (Å²) in [4.78, 5) is 11.8. The first-order chi connectivity index (χ1) is 7.90. The van der Waals surface area contributed by atoms with Crippen molar-refractivity contribution in [3.8, 4) is 0 Å². The molecule has 0 aromatic heterocycles. The molecule has 0 fully saturated rings. The third kappa shape index (κ3) is 4.38. The molecule has 0 heterocycles. The minimum absolute atomic E-state index is 0.0133. The van der Waals surface area contributed by atoms with E-state index in [-0.39, 0.29) is 18.0 Å². The van der Waals surface area contributed by atoms with Crippen LogP contribution >= 0.6 is 15.9 Å². The molecule has 0 saturated heterocycles. The average molecular weight is 299 g/mol. The summed E-state index contributed by atoms with van der Waals surface area (Å²) in [6.07, 6.45) is 0. The van der Waals surface area contributed by atoms with Gasteiger partial charge in [-0.05, 0) is 45.4 Å². The van der Waals surface area contributed by atoms with Crippen molar-refractivity contribution in [1.82, 2.24) is 5.32 Å². The lowest BCUT2D eigenvalue weighted by Crippen LogP contribution is -2.41. The van der Waals surface area contributed by atoms with Gasteiger partial charge in [0.25, 0.3) is 0 Å². The highest BCUT2D eigenvalue weighted by Gasteiger charge is 2.14. The van der Waals surface area contributed by atoms with Gasteiger partial charge in [-0.25, -0.2) is 0 Å². The molecule has 0 aliphatic carbocycles. The van der Waals surface area contributed by atoms with E-state index in [4.69, 9.17) is 0 Å². The highest BCUT2D eigenvalue weighted by Crippen LogP contribution is 2.21. The number of halogens is 1. The van der Waals surface area contributed by atoms with Gasteiger partial charge in [-0.2, -0.15) is 0 Å². The second kappa shape index (κ2) is 6.05. The van der Waals surface area contributed by atoms with Crippen molar-refractivity contribution in [3.63, 3.8) is 0 Å². The highest BCUT2D eigenvalue weighted by molar-refractivity contribution is 9.10. The maximum atomic E-state index is 11.8. The number of amides is 1. The fraction of sp³-hybridized carbons (Fsp3) is 0.462. The topological polar surface area (TPSA) is 41.1 Å². The van der Waals surface area contributed by atoms with Crippen LogP contribution in [0, 0.1) is 6.92 Å². The van der Waals surface area contributed by atoms with E-state index in [9.17, 15) is 4.79 Å². The Balaban J connectivity index is 2.70. The number of nitrogens with one attached hydrogen (secondary N) is 2. The predicted octanol–water partition coefficient (Wildman–Crippen LogP) is 3.08. The number of benzene rings is 1. The summed E-state index contributed by atoms with van der Waals surface area (Å²) in [5.41, 5.74) is 2.10. The van der Waals surface area contributed by atoms with Crippen LogP contribution in [0.5, 0.6) is 0 Å². The molecule has 0 aliphatic heterocycles. The first-order valence-electron chi connectivity index (χ1n) is 5.73. The van der Waals surface area contributed by atoms with Gasteiger partial charge in [-0.15, -0.1) is 0 Å². The van der Waals surface area contributed by atoms with Crippen LogP contribution in [0.4, 0.5) is 5.69 Å². The molecule has 0 radical (unpaired) electrons. The molecule has 3 nitrogen and oxygen atoms in total. The Kier molecular flexibility index (Phi) is 5.00. The van der Waals surface area contributed by atoms with Crippen LogP contribution < -0.4 is 10.6 Å². The molecule has 1 atom stereocenters. The second-order valence-corrected chi connectivity index (χ2v) is 5.40. The van der Waals surface area contributed by atoms with Crippen LogP contribution in [0.15, 0.2) is 22.7 Å². The van der Waals surface area contributed by atoms with E-state index < -0.39 is 0 Å². The van der Waals surface area contributed by atoms with E-state index >= 15 is 0 Å². The van der Waals surface area contributed by atoms with Gasteiger partial charge in [-0.3, -0.25) is 4.79 Å². The fourth-order valence-corrected chi connectivity index (χ4v) is 1.82. The molecule has 1 amide bonds. The number of aryl methyl sites for hydroxylation is 1. The van der Waals surface area contributed by atoms with Crippen LogP contribution in [0.25, 0.3) is 0 Å². The first kappa shape index (κ1) is 14.0. The van der Waals surface area contributed by atoms with Crippen molar-refractivity contribution < 1.29 is 4.79 Å². The van der Waals surface area contributed by atoms with E-state index in [2.05, 4.69) is 26.6 Å². The molecule has 1 unspecified atom stereocenters. The van der Waals surface area contributed by atoms with Crippen LogP contribution in [0.1, 0.15) is 26.3 Å². The Bertz CT molecular complexity index is 404. The smallest absolute Gasteiger partial charge is 0.242 e. The lowest BCUT2D eigenvalue weighted by atomic mass is 10.2. The van der Waals surface area contributed by atoms with Crippen molar-refractivity contribution in [2.75, 3.05) is 5.32 Å². The second-order valence-electron chi connectivity index (χ2n) is 4.49. The largest absolute Gasteiger partial charge is 0.374 e. The van der Waals surface area contributed by atoms with Gasteiger partial charge in [0.1, 0.15) is 6.04 Å². The van der Waals surface area contributed by atoms with Crippen LogP contribution in [0.2, 0.25) is 0 Å². The van der Waals surface area contributed by atoms with Crippen molar-refractivity contribution in [3.05, 3.63) is 28.2 Å². The van der Waals surface area contributed by atoms with E-state index in [1.165, 1.54) is 0 Å². The van der Waals surface area contributed by atoms with Crippen LogP contribution in [0.3, 0.4) is 0 Å². The lowest BCUT2D eigenvalue weighted by molar-refractivity contribution is -0.122. The summed E-state index contributed by atoms with van der Waals surface area (Å²) in [5.74, 6) is 0.0133. The Morgan fingerprint density at radius 2 is 1.94 bits per heavy atom. The van der Waals surface area contributed by atoms with Gasteiger partial charge in [-0.1, -0.05) is 22.0 Å². The van der Waals surface area contributed by atoms with Gasteiger partial charge in [0, 0.05) is 16.2 Å². The minimum Gasteiger partial charge on any atom is -0.374 e. The molecule has 94 valence electrons. The Morgan fingerprint density at radius 3 is 2.53 bits per heavy atom. The summed E-state index contributed by atoms with van der Waals surface area (Å²) in [7, 11) is 0. The molecule has 1 aromatic carbocycles. The molecule has 0 bridgehead atoms. The fourth-order valence-electron chi connectivity index (χ4n) is 1.46.